The van der Waals surface area contributed by atoms with Crippen molar-refractivity contribution in [3.8, 4) is 5.75 Å². The zero-order chi connectivity index (χ0) is 22.1. The summed E-state index contributed by atoms with van der Waals surface area (Å²) in [7, 11) is 0. The molecule has 0 fully saturated rings. The molecule has 0 aliphatic rings. The smallest absolute Gasteiger partial charge is 0.262 e. The summed E-state index contributed by atoms with van der Waals surface area (Å²) in [5.41, 5.74) is 3.25. The summed E-state index contributed by atoms with van der Waals surface area (Å²) in [6.07, 6.45) is 4.32. The van der Waals surface area contributed by atoms with Gasteiger partial charge in [-0.2, -0.15) is 5.10 Å². The van der Waals surface area contributed by atoms with Gasteiger partial charge in [-0.25, -0.2) is 5.43 Å². The van der Waals surface area contributed by atoms with Gasteiger partial charge in [-0.3, -0.25) is 14.6 Å². The summed E-state index contributed by atoms with van der Waals surface area (Å²) in [4.78, 5) is 29.1. The average Bonchev–Trinajstić information content (AvgIpc) is 2.69. The molecule has 30 heavy (non-hydrogen) atoms. The van der Waals surface area contributed by atoms with Crippen LogP contribution >= 0.6 is 23.2 Å². The zero-order valence-corrected chi connectivity index (χ0v) is 18.4. The van der Waals surface area contributed by atoms with Crippen LogP contribution in [0.2, 0.25) is 10.0 Å². The van der Waals surface area contributed by atoms with Crippen LogP contribution in [-0.2, 0) is 9.59 Å². The standard InChI is InChI=1S/C21H24Cl2N4O3/c1-13(2)10-18(21(29)27-25-12-15-6-8-24-9-7-15)26-20(28)14(3)30-19-5-4-16(22)11-17(19)23/h4-9,11-14,18H,10H2,1-3H3,(H,26,28)(H,27,29)/b25-12-/t14-,18-/m0/s1. The van der Waals surface area contributed by atoms with Gasteiger partial charge in [0.2, 0.25) is 0 Å². The van der Waals surface area contributed by atoms with Crippen LogP contribution in [0.5, 0.6) is 5.75 Å². The van der Waals surface area contributed by atoms with Crippen molar-refractivity contribution in [3.05, 3.63) is 58.3 Å². The highest BCUT2D eigenvalue weighted by molar-refractivity contribution is 6.35. The van der Waals surface area contributed by atoms with E-state index in [2.05, 4.69) is 20.8 Å². The van der Waals surface area contributed by atoms with Gasteiger partial charge in [-0.1, -0.05) is 37.0 Å². The van der Waals surface area contributed by atoms with Crippen molar-refractivity contribution in [1.82, 2.24) is 15.7 Å². The Balaban J connectivity index is 1.98. The number of ether oxygens (including phenoxy) is 1. The topological polar surface area (TPSA) is 92.7 Å². The minimum absolute atomic E-state index is 0.173. The number of halogens is 2. The van der Waals surface area contributed by atoms with Crippen LogP contribution in [0.15, 0.2) is 47.8 Å². The molecule has 2 rings (SSSR count). The molecule has 1 aromatic heterocycles. The Hall–Kier alpha value is -2.64. The molecule has 1 heterocycles. The first-order valence-electron chi connectivity index (χ1n) is 9.41. The highest BCUT2D eigenvalue weighted by atomic mass is 35.5. The van der Waals surface area contributed by atoms with E-state index in [1.165, 1.54) is 12.3 Å². The lowest BCUT2D eigenvalue weighted by atomic mass is 10.0. The van der Waals surface area contributed by atoms with Gasteiger partial charge in [0.1, 0.15) is 11.8 Å². The molecule has 2 N–H and O–H groups in total. The number of hydrogen-bond donors (Lipinski definition) is 2. The minimum Gasteiger partial charge on any atom is -0.479 e. The number of carbonyl (C=O) groups is 2. The first kappa shape index (κ1) is 23.6. The first-order chi connectivity index (χ1) is 14.3. The lowest BCUT2D eigenvalue weighted by Gasteiger charge is -2.22. The second-order valence-corrected chi connectivity index (χ2v) is 7.88. The fourth-order valence-corrected chi connectivity index (χ4v) is 2.96. The fraction of sp³-hybridized carbons (Fsp3) is 0.333. The lowest BCUT2D eigenvalue weighted by Crippen LogP contribution is -2.49. The number of benzene rings is 1. The summed E-state index contributed by atoms with van der Waals surface area (Å²) in [6.45, 7) is 5.49. The maximum atomic E-state index is 12.6. The largest absolute Gasteiger partial charge is 0.479 e. The second kappa shape index (κ2) is 11.5. The van der Waals surface area contributed by atoms with Crippen molar-refractivity contribution in [3.63, 3.8) is 0 Å². The van der Waals surface area contributed by atoms with E-state index in [0.717, 1.165) is 5.56 Å². The van der Waals surface area contributed by atoms with Crippen molar-refractivity contribution >= 4 is 41.2 Å². The molecule has 0 saturated heterocycles. The number of rotatable bonds is 9. The van der Waals surface area contributed by atoms with Gasteiger partial charge in [-0.05, 0) is 55.2 Å². The van der Waals surface area contributed by atoms with Crippen LogP contribution in [0.1, 0.15) is 32.8 Å². The van der Waals surface area contributed by atoms with Crippen molar-refractivity contribution in [2.75, 3.05) is 0 Å². The van der Waals surface area contributed by atoms with Gasteiger partial charge in [0.05, 0.1) is 11.2 Å². The van der Waals surface area contributed by atoms with E-state index in [9.17, 15) is 9.59 Å². The van der Waals surface area contributed by atoms with Crippen molar-refractivity contribution < 1.29 is 14.3 Å². The molecule has 0 radical (unpaired) electrons. The third kappa shape index (κ3) is 7.65. The van der Waals surface area contributed by atoms with Gasteiger partial charge in [-0.15, -0.1) is 0 Å². The maximum Gasteiger partial charge on any atom is 0.262 e. The van der Waals surface area contributed by atoms with Gasteiger partial charge < -0.3 is 10.1 Å². The minimum atomic E-state index is -0.869. The molecule has 0 bridgehead atoms. The molecule has 0 aliphatic heterocycles. The van der Waals surface area contributed by atoms with Crippen LogP contribution in [0.4, 0.5) is 0 Å². The number of aromatic nitrogens is 1. The monoisotopic (exact) mass is 450 g/mol. The molecule has 2 aromatic rings. The van der Waals surface area contributed by atoms with Crippen molar-refractivity contribution in [2.24, 2.45) is 11.0 Å². The number of nitrogens with zero attached hydrogens (tertiary/aromatic N) is 2. The van der Waals surface area contributed by atoms with Crippen LogP contribution < -0.4 is 15.5 Å². The Morgan fingerprint density at radius 1 is 1.13 bits per heavy atom. The van der Waals surface area contributed by atoms with Crippen LogP contribution in [-0.4, -0.2) is 35.2 Å². The Bertz CT molecular complexity index is 891. The third-order valence-corrected chi connectivity index (χ3v) is 4.53. The van der Waals surface area contributed by atoms with E-state index in [0.29, 0.717) is 22.2 Å². The van der Waals surface area contributed by atoms with Crippen LogP contribution in [0, 0.1) is 5.92 Å². The fourth-order valence-electron chi connectivity index (χ4n) is 2.50. The molecular formula is C21H24Cl2N4O3. The van der Waals surface area contributed by atoms with Crippen LogP contribution in [0.25, 0.3) is 0 Å². The molecule has 0 aliphatic carbocycles. The van der Waals surface area contributed by atoms with Gasteiger partial charge in [0.25, 0.3) is 11.8 Å². The number of pyridine rings is 1. The molecular weight excluding hydrogens is 427 g/mol. The van der Waals surface area contributed by atoms with E-state index < -0.39 is 24.0 Å². The predicted octanol–water partition coefficient (Wildman–Crippen LogP) is 3.84. The Morgan fingerprint density at radius 2 is 1.83 bits per heavy atom. The van der Waals surface area contributed by atoms with Gasteiger partial charge in [0, 0.05) is 17.4 Å². The maximum absolute atomic E-state index is 12.6. The molecule has 0 unspecified atom stereocenters. The molecule has 2 atom stereocenters. The van der Waals surface area contributed by atoms with E-state index in [4.69, 9.17) is 27.9 Å². The summed E-state index contributed by atoms with van der Waals surface area (Å²) in [5, 5.41) is 7.42. The van der Waals surface area contributed by atoms with Crippen molar-refractivity contribution in [1.29, 1.82) is 0 Å². The lowest BCUT2D eigenvalue weighted by molar-refractivity contribution is -0.132. The van der Waals surface area contributed by atoms with E-state index in [1.54, 1.807) is 43.6 Å². The highest BCUT2D eigenvalue weighted by Crippen LogP contribution is 2.28. The molecule has 2 amide bonds. The summed E-state index contributed by atoms with van der Waals surface area (Å²) >= 11 is 12.0. The van der Waals surface area contributed by atoms with Crippen molar-refractivity contribution in [2.45, 2.75) is 39.3 Å². The summed E-state index contributed by atoms with van der Waals surface area (Å²) in [6, 6.07) is 7.47. The molecule has 0 saturated carbocycles. The SMILES string of the molecule is CC(C)C[C@H](NC(=O)[C@H](C)Oc1ccc(Cl)cc1Cl)C(=O)N/N=C\c1ccncc1. The molecule has 160 valence electrons. The van der Waals surface area contributed by atoms with Crippen LogP contribution in [0.3, 0.4) is 0 Å². The molecule has 7 nitrogen and oxygen atoms in total. The number of carbonyl (C=O) groups excluding carboxylic acids is 2. The first-order valence-corrected chi connectivity index (χ1v) is 10.2. The average molecular weight is 451 g/mol. The Morgan fingerprint density at radius 3 is 2.47 bits per heavy atom. The molecule has 9 heteroatoms. The second-order valence-electron chi connectivity index (χ2n) is 7.04. The van der Waals surface area contributed by atoms with E-state index in [-0.39, 0.29) is 5.92 Å². The summed E-state index contributed by atoms with van der Waals surface area (Å²) in [5.74, 6) is -0.360. The van der Waals surface area contributed by atoms with Gasteiger partial charge in [0.15, 0.2) is 6.10 Å². The normalized spacial score (nSPS) is 13.1. The van der Waals surface area contributed by atoms with E-state index >= 15 is 0 Å². The number of amides is 2. The highest BCUT2D eigenvalue weighted by Gasteiger charge is 2.25. The molecule has 1 aromatic carbocycles. The third-order valence-electron chi connectivity index (χ3n) is 4.00. The quantitative estimate of drug-likeness (QED) is 0.448. The number of hydrazone groups is 1. The Labute approximate surface area is 185 Å². The number of nitrogens with one attached hydrogen (secondary N) is 2. The molecule has 0 spiro atoms. The Kier molecular flexibility index (Phi) is 9.08. The zero-order valence-electron chi connectivity index (χ0n) is 16.9. The van der Waals surface area contributed by atoms with Gasteiger partial charge >= 0.3 is 0 Å². The summed E-state index contributed by atoms with van der Waals surface area (Å²) < 4.78 is 5.62. The van der Waals surface area contributed by atoms with E-state index in [1.807, 2.05) is 13.8 Å². The number of hydrogen-bond acceptors (Lipinski definition) is 5. The predicted molar refractivity (Wildman–Crippen MR) is 118 cm³/mol.